The van der Waals surface area contributed by atoms with Gasteiger partial charge in [-0.1, -0.05) is 5.21 Å². The van der Waals surface area contributed by atoms with Gasteiger partial charge in [-0.3, -0.25) is 0 Å². The summed E-state index contributed by atoms with van der Waals surface area (Å²) in [7, 11) is 1.61. The molecule has 0 radical (unpaired) electrons. The van der Waals surface area contributed by atoms with E-state index >= 15 is 0 Å². The second-order valence-corrected chi connectivity index (χ2v) is 3.83. The van der Waals surface area contributed by atoms with Crippen molar-refractivity contribution in [3.63, 3.8) is 0 Å². The van der Waals surface area contributed by atoms with Gasteiger partial charge in [0.1, 0.15) is 0 Å². The molecule has 0 amide bonds. The van der Waals surface area contributed by atoms with Gasteiger partial charge in [-0.05, 0) is 6.92 Å². The van der Waals surface area contributed by atoms with Crippen LogP contribution in [0, 0.1) is 0 Å². The largest absolute Gasteiger partial charge is 0.461 e. The van der Waals surface area contributed by atoms with Gasteiger partial charge in [-0.15, -0.1) is 16.7 Å². The standard InChI is InChI=1S/C11H18ClN3O4/c1-3-19-11(16)10-9(8-12)15(14-13-10)4-5-18-7-6-17-2/h3-8H2,1-2H3. The Balaban J connectivity index is 2.56. The van der Waals surface area contributed by atoms with Crippen LogP contribution >= 0.6 is 11.6 Å². The highest BCUT2D eigenvalue weighted by atomic mass is 35.5. The predicted octanol–water partition coefficient (Wildman–Crippen LogP) is 0.857. The molecule has 19 heavy (non-hydrogen) atoms. The average Bonchev–Trinajstić information content (AvgIpc) is 2.81. The lowest BCUT2D eigenvalue weighted by Gasteiger charge is -2.06. The number of esters is 1. The Labute approximate surface area is 116 Å². The fraction of sp³-hybridized carbons (Fsp3) is 0.727. The molecule has 0 atom stereocenters. The zero-order chi connectivity index (χ0) is 14.1. The van der Waals surface area contributed by atoms with Crippen LogP contribution in [0.5, 0.6) is 0 Å². The first-order valence-corrected chi connectivity index (χ1v) is 6.50. The molecule has 1 aromatic heterocycles. The van der Waals surface area contributed by atoms with Crippen LogP contribution in [0.1, 0.15) is 23.1 Å². The van der Waals surface area contributed by atoms with E-state index in [1.165, 1.54) is 0 Å². The summed E-state index contributed by atoms with van der Waals surface area (Å²) in [4.78, 5) is 11.6. The average molecular weight is 292 g/mol. The molecule has 108 valence electrons. The van der Waals surface area contributed by atoms with Crippen molar-refractivity contribution in [2.24, 2.45) is 0 Å². The van der Waals surface area contributed by atoms with Gasteiger partial charge in [0.25, 0.3) is 0 Å². The summed E-state index contributed by atoms with van der Waals surface area (Å²) in [5.74, 6) is -0.371. The Morgan fingerprint density at radius 3 is 2.79 bits per heavy atom. The first-order valence-electron chi connectivity index (χ1n) is 5.96. The second kappa shape index (κ2) is 8.84. The lowest BCUT2D eigenvalue weighted by molar-refractivity contribution is 0.0518. The van der Waals surface area contributed by atoms with E-state index in [0.29, 0.717) is 32.1 Å². The molecule has 0 aromatic carbocycles. The molecule has 1 rings (SSSR count). The van der Waals surface area contributed by atoms with Gasteiger partial charge in [-0.25, -0.2) is 9.48 Å². The van der Waals surface area contributed by atoms with Crippen molar-refractivity contribution in [2.45, 2.75) is 19.3 Å². The first-order chi connectivity index (χ1) is 9.24. The van der Waals surface area contributed by atoms with E-state index in [0.717, 1.165) is 0 Å². The van der Waals surface area contributed by atoms with Gasteiger partial charge in [0.05, 0.1) is 44.5 Å². The zero-order valence-electron chi connectivity index (χ0n) is 11.1. The topological polar surface area (TPSA) is 75.5 Å². The van der Waals surface area contributed by atoms with Crippen molar-refractivity contribution in [3.8, 4) is 0 Å². The Bertz CT molecular complexity index is 397. The fourth-order valence-corrected chi connectivity index (χ4v) is 1.66. The summed E-state index contributed by atoms with van der Waals surface area (Å²) in [6.07, 6.45) is 0. The maximum Gasteiger partial charge on any atom is 0.360 e. The quantitative estimate of drug-likeness (QED) is 0.381. The monoisotopic (exact) mass is 291 g/mol. The van der Waals surface area contributed by atoms with Crippen molar-refractivity contribution in [1.29, 1.82) is 0 Å². The van der Waals surface area contributed by atoms with Gasteiger partial charge < -0.3 is 14.2 Å². The number of carbonyl (C=O) groups is 1. The Morgan fingerprint density at radius 2 is 2.16 bits per heavy atom. The minimum absolute atomic E-state index is 0.138. The lowest BCUT2D eigenvalue weighted by Crippen LogP contribution is -2.13. The van der Waals surface area contributed by atoms with Crippen LogP contribution < -0.4 is 0 Å². The molecule has 7 nitrogen and oxygen atoms in total. The van der Waals surface area contributed by atoms with Crippen molar-refractivity contribution in [2.75, 3.05) is 33.5 Å². The van der Waals surface area contributed by atoms with E-state index in [2.05, 4.69) is 10.3 Å². The number of ether oxygens (including phenoxy) is 3. The zero-order valence-corrected chi connectivity index (χ0v) is 11.9. The third-order valence-corrected chi connectivity index (χ3v) is 2.57. The van der Waals surface area contributed by atoms with Gasteiger partial charge in [0.15, 0.2) is 5.69 Å². The molecule has 0 spiro atoms. The van der Waals surface area contributed by atoms with Crippen molar-refractivity contribution < 1.29 is 19.0 Å². The van der Waals surface area contributed by atoms with Gasteiger partial charge in [-0.2, -0.15) is 0 Å². The van der Waals surface area contributed by atoms with Crippen LogP contribution in [-0.4, -0.2) is 54.5 Å². The van der Waals surface area contributed by atoms with Crippen LogP contribution in [-0.2, 0) is 26.6 Å². The number of alkyl halides is 1. The summed E-state index contributed by atoms with van der Waals surface area (Å²) >= 11 is 5.82. The first kappa shape index (κ1) is 15.9. The second-order valence-electron chi connectivity index (χ2n) is 3.57. The maximum absolute atomic E-state index is 11.6. The highest BCUT2D eigenvalue weighted by Crippen LogP contribution is 2.10. The number of halogens is 1. The van der Waals surface area contributed by atoms with Crippen LogP contribution in [0.4, 0.5) is 0 Å². The molecule has 0 N–H and O–H groups in total. The number of hydrogen-bond acceptors (Lipinski definition) is 6. The number of aromatic nitrogens is 3. The smallest absolute Gasteiger partial charge is 0.360 e. The van der Waals surface area contributed by atoms with Crippen molar-refractivity contribution in [1.82, 2.24) is 15.0 Å². The molecule has 0 aliphatic carbocycles. The maximum atomic E-state index is 11.6. The fourth-order valence-electron chi connectivity index (χ4n) is 1.40. The molecule has 0 saturated heterocycles. The van der Waals surface area contributed by atoms with Gasteiger partial charge >= 0.3 is 5.97 Å². The molecular formula is C11H18ClN3O4. The molecule has 0 unspecified atom stereocenters. The molecule has 0 saturated carbocycles. The van der Waals surface area contributed by atoms with E-state index in [1.807, 2.05) is 0 Å². The highest BCUT2D eigenvalue weighted by Gasteiger charge is 2.19. The molecule has 0 bridgehead atoms. The summed E-state index contributed by atoms with van der Waals surface area (Å²) in [6.45, 7) is 3.97. The minimum Gasteiger partial charge on any atom is -0.461 e. The van der Waals surface area contributed by atoms with E-state index in [4.69, 9.17) is 25.8 Å². The normalized spacial score (nSPS) is 10.7. The lowest BCUT2D eigenvalue weighted by atomic mass is 10.3. The van der Waals surface area contributed by atoms with Crippen LogP contribution in [0.25, 0.3) is 0 Å². The van der Waals surface area contributed by atoms with E-state index < -0.39 is 5.97 Å². The summed E-state index contributed by atoms with van der Waals surface area (Å²) in [5.41, 5.74) is 0.698. The van der Waals surface area contributed by atoms with Crippen LogP contribution in [0.2, 0.25) is 0 Å². The molecular weight excluding hydrogens is 274 g/mol. The highest BCUT2D eigenvalue weighted by molar-refractivity contribution is 6.17. The third-order valence-electron chi connectivity index (χ3n) is 2.31. The number of rotatable bonds is 9. The summed E-state index contributed by atoms with van der Waals surface area (Å²) in [5, 5.41) is 7.67. The van der Waals surface area contributed by atoms with Crippen LogP contribution in [0.15, 0.2) is 0 Å². The van der Waals surface area contributed by atoms with E-state index in [-0.39, 0.29) is 18.2 Å². The molecule has 1 aromatic rings. The number of hydrogen-bond donors (Lipinski definition) is 0. The number of carbonyl (C=O) groups excluding carboxylic acids is 1. The van der Waals surface area contributed by atoms with Gasteiger partial charge in [0, 0.05) is 7.11 Å². The van der Waals surface area contributed by atoms with E-state index in [9.17, 15) is 4.79 Å². The summed E-state index contributed by atoms with van der Waals surface area (Å²) in [6, 6.07) is 0. The van der Waals surface area contributed by atoms with Gasteiger partial charge in [0.2, 0.25) is 0 Å². The minimum atomic E-state index is -0.510. The Kier molecular flexibility index (Phi) is 7.39. The van der Waals surface area contributed by atoms with Crippen molar-refractivity contribution in [3.05, 3.63) is 11.4 Å². The molecule has 0 aliphatic heterocycles. The van der Waals surface area contributed by atoms with Crippen molar-refractivity contribution >= 4 is 17.6 Å². The molecule has 0 fully saturated rings. The Hall–Kier alpha value is -1.18. The number of nitrogens with zero attached hydrogens (tertiary/aromatic N) is 3. The molecule has 1 heterocycles. The summed E-state index contributed by atoms with van der Waals surface area (Å²) < 4.78 is 16.6. The van der Waals surface area contributed by atoms with Crippen LogP contribution in [0.3, 0.4) is 0 Å². The van der Waals surface area contributed by atoms with E-state index in [1.54, 1.807) is 18.7 Å². The SMILES string of the molecule is CCOC(=O)c1nnn(CCOCCOC)c1CCl. The molecule has 0 aliphatic rings. The number of methoxy groups -OCH3 is 1. The predicted molar refractivity (Wildman–Crippen MR) is 68.2 cm³/mol. The molecule has 8 heteroatoms. The third kappa shape index (κ3) is 4.77. The Morgan fingerprint density at radius 1 is 1.37 bits per heavy atom.